The Morgan fingerprint density at radius 3 is 1.26 bits per heavy atom. The van der Waals surface area contributed by atoms with Gasteiger partial charge in [-0.3, -0.25) is 0 Å². The Morgan fingerprint density at radius 1 is 0.453 bits per heavy atom. The van der Waals surface area contributed by atoms with E-state index in [1.807, 2.05) is 0 Å². The number of hydrogen-bond donors (Lipinski definition) is 4. The van der Waals surface area contributed by atoms with Crippen molar-refractivity contribution in [1.82, 2.24) is 0 Å². The Hall–Kier alpha value is 0.644. The second-order valence-corrected chi connectivity index (χ2v) is 37.7. The zero-order valence-corrected chi connectivity index (χ0v) is 41.1. The van der Waals surface area contributed by atoms with Gasteiger partial charge in [-0.25, -0.2) is 0 Å². The zero-order valence-electron chi connectivity index (χ0n) is 36.1. The third kappa shape index (κ3) is 32.3. The fraction of sp³-hybridized carbons (Fsp3) is 1.00. The van der Waals surface area contributed by atoms with E-state index in [9.17, 15) is 10.2 Å². The van der Waals surface area contributed by atoms with Crippen LogP contribution in [0.5, 0.6) is 0 Å². The monoisotopic (exact) mass is 847 g/mol. The van der Waals surface area contributed by atoms with Gasteiger partial charge in [-0.2, -0.15) is 0 Å². The molecule has 4 unspecified atom stereocenters. The molecule has 11 nitrogen and oxygen atoms in total. The first-order chi connectivity index (χ1) is 24.7. The molecule has 0 saturated carbocycles. The lowest BCUT2D eigenvalue weighted by molar-refractivity contribution is -0.0874. The third-order valence-corrected chi connectivity index (χ3v) is 26.7. The molecule has 320 valence electrons. The van der Waals surface area contributed by atoms with Crippen molar-refractivity contribution in [3.63, 3.8) is 0 Å². The Morgan fingerprint density at radius 2 is 0.849 bits per heavy atom. The van der Waals surface area contributed by atoms with Crippen molar-refractivity contribution in [3.8, 4) is 0 Å². The van der Waals surface area contributed by atoms with E-state index in [0.29, 0.717) is 13.0 Å². The molecule has 0 aromatic carbocycles. The average molecular weight is 848 g/mol. The van der Waals surface area contributed by atoms with Crippen molar-refractivity contribution in [2.75, 3.05) is 46.2 Å². The molecule has 0 aliphatic carbocycles. The topological polar surface area (TPSA) is 146 Å². The molecule has 0 aromatic rings. The summed E-state index contributed by atoms with van der Waals surface area (Å²) in [6, 6.07) is 1.65. The summed E-state index contributed by atoms with van der Waals surface area (Å²) in [5.74, 6) is 0. The lowest BCUT2D eigenvalue weighted by Gasteiger charge is -2.44. The molecule has 0 bridgehead atoms. The maximum absolute atomic E-state index is 9.68. The number of ether oxygens (including phenoxy) is 3. The highest BCUT2D eigenvalue weighted by Gasteiger charge is 2.48. The van der Waals surface area contributed by atoms with Gasteiger partial charge in [0.1, 0.15) is 18.3 Å². The van der Waals surface area contributed by atoms with Gasteiger partial charge in [0, 0.05) is 6.61 Å². The fourth-order valence-electron chi connectivity index (χ4n) is 6.66. The quantitative estimate of drug-likeness (QED) is 0.0355. The molecule has 0 aliphatic heterocycles. The SMILES string of the molecule is CCCCCCCCCCCCCCC[Si](C)(O[Si](C)(C)O[Si](C)(C)C)O[Si](C)(CCCOC(COCC(O)CO)COCC(O)CO)O[Si](C)(C)C. The van der Waals surface area contributed by atoms with Crippen LogP contribution in [0.15, 0.2) is 0 Å². The van der Waals surface area contributed by atoms with Gasteiger partial charge in [0.15, 0.2) is 16.6 Å². The molecule has 16 heteroatoms. The van der Waals surface area contributed by atoms with Crippen LogP contribution in [0.25, 0.3) is 0 Å². The summed E-state index contributed by atoms with van der Waals surface area (Å²) in [6.07, 6.45) is 15.4. The van der Waals surface area contributed by atoms with Crippen LogP contribution in [-0.4, -0.2) is 127 Å². The minimum atomic E-state index is -2.73. The molecule has 0 radical (unpaired) electrons. The predicted molar refractivity (Wildman–Crippen MR) is 229 cm³/mol. The van der Waals surface area contributed by atoms with E-state index in [1.165, 1.54) is 77.0 Å². The third-order valence-electron chi connectivity index (χ3n) is 8.48. The number of aliphatic hydroxyl groups is 4. The second kappa shape index (κ2) is 28.9. The van der Waals surface area contributed by atoms with Crippen LogP contribution in [-0.2, 0) is 30.7 Å². The standard InChI is InChI=1S/C37H86O11Si5/c1-12-13-14-15-16-17-18-19-20-21-22-23-24-27-53(11,47-51(8,9)45-49(2,3)4)48-52(10,46-50(5,6)7)28-25-26-44-37(33-42-31-35(40)29-38)34-43-32-36(41)30-39/h35-41H,12-34H2,1-11H3. The van der Waals surface area contributed by atoms with E-state index in [-0.39, 0.29) is 39.6 Å². The molecule has 0 aromatic heterocycles. The van der Waals surface area contributed by atoms with Gasteiger partial charge in [0.05, 0.1) is 39.6 Å². The molecular formula is C37H86O11Si5. The molecule has 0 rings (SSSR count). The second-order valence-electron chi connectivity index (χ2n) is 17.6. The number of aliphatic hydroxyl groups excluding tert-OH is 4. The van der Waals surface area contributed by atoms with Crippen molar-refractivity contribution in [2.45, 2.75) is 193 Å². The van der Waals surface area contributed by atoms with Gasteiger partial charge >= 0.3 is 25.7 Å². The van der Waals surface area contributed by atoms with E-state index in [1.54, 1.807) is 0 Å². The minimum absolute atomic E-state index is 0.0257. The van der Waals surface area contributed by atoms with Crippen LogP contribution in [0.1, 0.15) is 96.8 Å². The number of rotatable bonds is 37. The Labute approximate surface area is 331 Å². The molecule has 0 heterocycles. The highest BCUT2D eigenvalue weighted by molar-refractivity contribution is 6.90. The molecule has 53 heavy (non-hydrogen) atoms. The van der Waals surface area contributed by atoms with Crippen LogP contribution >= 0.6 is 0 Å². The Kier molecular flexibility index (Phi) is 29.3. The van der Waals surface area contributed by atoms with Gasteiger partial charge in [0.2, 0.25) is 0 Å². The maximum atomic E-state index is 9.68. The van der Waals surface area contributed by atoms with Crippen molar-refractivity contribution in [1.29, 1.82) is 0 Å². The van der Waals surface area contributed by atoms with Crippen LogP contribution in [0, 0.1) is 0 Å². The van der Waals surface area contributed by atoms with E-state index in [2.05, 4.69) is 72.4 Å². The van der Waals surface area contributed by atoms with Crippen LogP contribution < -0.4 is 0 Å². The largest absolute Gasteiger partial charge is 0.437 e. The molecule has 0 aliphatic rings. The summed E-state index contributed by atoms with van der Waals surface area (Å²) in [6.45, 7) is 24.2. The molecule has 0 spiro atoms. The van der Waals surface area contributed by atoms with Crippen molar-refractivity contribution in [3.05, 3.63) is 0 Å². The van der Waals surface area contributed by atoms with Gasteiger partial charge in [0.25, 0.3) is 0 Å². The Balaban J connectivity index is 5.50. The normalized spacial score (nSPS) is 17.0. The van der Waals surface area contributed by atoms with Gasteiger partial charge in [-0.15, -0.1) is 0 Å². The summed E-state index contributed by atoms with van der Waals surface area (Å²) in [5, 5.41) is 37.6. The fourth-order valence-corrected chi connectivity index (χ4v) is 30.5. The molecule has 0 fully saturated rings. The number of hydrogen-bond acceptors (Lipinski definition) is 11. The maximum Gasteiger partial charge on any atom is 0.317 e. The molecule has 4 atom stereocenters. The summed E-state index contributed by atoms with van der Waals surface area (Å²) in [4.78, 5) is 0. The van der Waals surface area contributed by atoms with Crippen LogP contribution in [0.3, 0.4) is 0 Å². The van der Waals surface area contributed by atoms with Crippen LogP contribution in [0.2, 0.25) is 77.6 Å². The first-order valence-electron chi connectivity index (χ1n) is 20.8. The van der Waals surface area contributed by atoms with Gasteiger partial charge in [-0.05, 0) is 84.0 Å². The lowest BCUT2D eigenvalue weighted by Crippen LogP contribution is -2.60. The number of unbranched alkanes of at least 4 members (excludes halogenated alkanes) is 12. The highest BCUT2D eigenvalue weighted by atomic mass is 28.5. The van der Waals surface area contributed by atoms with Crippen molar-refractivity contribution in [2.24, 2.45) is 0 Å². The van der Waals surface area contributed by atoms with E-state index in [0.717, 1.165) is 18.5 Å². The van der Waals surface area contributed by atoms with Crippen LogP contribution in [0.4, 0.5) is 0 Å². The van der Waals surface area contributed by atoms with Crippen molar-refractivity contribution >= 4 is 42.3 Å². The molecular weight excluding hydrogens is 761 g/mol. The highest BCUT2D eigenvalue weighted by Crippen LogP contribution is 2.32. The Bertz CT molecular complexity index is 865. The van der Waals surface area contributed by atoms with E-state index >= 15 is 0 Å². The molecule has 4 N–H and O–H groups in total. The van der Waals surface area contributed by atoms with E-state index in [4.69, 9.17) is 40.9 Å². The zero-order chi connectivity index (χ0) is 40.4. The smallest absolute Gasteiger partial charge is 0.317 e. The minimum Gasteiger partial charge on any atom is -0.437 e. The predicted octanol–water partition coefficient (Wildman–Crippen LogP) is 8.17. The van der Waals surface area contributed by atoms with E-state index < -0.39 is 60.6 Å². The first kappa shape index (κ1) is 53.6. The summed E-state index contributed by atoms with van der Waals surface area (Å²) in [5.41, 5.74) is 0. The molecule has 0 saturated heterocycles. The lowest BCUT2D eigenvalue weighted by atomic mass is 10.1. The first-order valence-corrected chi connectivity index (χ1v) is 35.5. The van der Waals surface area contributed by atoms with Gasteiger partial charge in [-0.1, -0.05) is 90.4 Å². The average Bonchev–Trinajstić information content (AvgIpc) is 3.02. The molecule has 0 amide bonds. The van der Waals surface area contributed by atoms with Crippen molar-refractivity contribution < 1.29 is 51.1 Å². The summed E-state index contributed by atoms with van der Waals surface area (Å²) >= 11 is 0. The summed E-state index contributed by atoms with van der Waals surface area (Å²) in [7, 11) is -11.8. The summed E-state index contributed by atoms with van der Waals surface area (Å²) < 4.78 is 45.3. The van der Waals surface area contributed by atoms with Gasteiger partial charge < -0.3 is 51.1 Å².